The highest BCUT2D eigenvalue weighted by Crippen LogP contribution is 2.33. The summed E-state index contributed by atoms with van der Waals surface area (Å²) in [7, 11) is 1.41. The third-order valence-electron chi connectivity index (χ3n) is 3.36. The fourth-order valence-electron chi connectivity index (χ4n) is 2.36. The molecular weight excluding hydrogens is 288 g/mol. The topological polar surface area (TPSA) is 81.9 Å². The van der Waals surface area contributed by atoms with Gasteiger partial charge in [0.1, 0.15) is 5.60 Å². The van der Waals surface area contributed by atoms with Crippen LogP contribution in [0.5, 0.6) is 5.75 Å². The average Bonchev–Trinajstić information content (AvgIpc) is 2.43. The van der Waals surface area contributed by atoms with Gasteiger partial charge in [-0.05, 0) is 44.4 Å². The SMILES string of the molecule is COc1cc2c(cc1[N+](=O)[O-])CN(C(=O)OC(C)(C)C)CC2. The number of nitro benzene ring substituents is 1. The molecule has 0 bridgehead atoms. The molecule has 2 rings (SSSR count). The highest BCUT2D eigenvalue weighted by atomic mass is 16.6. The summed E-state index contributed by atoms with van der Waals surface area (Å²) in [5, 5.41) is 11.1. The van der Waals surface area contributed by atoms with Crippen molar-refractivity contribution in [3.05, 3.63) is 33.4 Å². The predicted octanol–water partition coefficient (Wildman–Crippen LogP) is 2.90. The second-order valence-corrected chi connectivity index (χ2v) is 6.20. The maximum Gasteiger partial charge on any atom is 0.410 e. The van der Waals surface area contributed by atoms with Crippen molar-refractivity contribution in [1.82, 2.24) is 4.90 Å². The van der Waals surface area contributed by atoms with Crippen LogP contribution in [0.2, 0.25) is 0 Å². The molecule has 0 aromatic heterocycles. The van der Waals surface area contributed by atoms with E-state index in [0.29, 0.717) is 19.5 Å². The van der Waals surface area contributed by atoms with E-state index in [0.717, 1.165) is 11.1 Å². The summed E-state index contributed by atoms with van der Waals surface area (Å²) in [6.45, 7) is 6.23. The third kappa shape index (κ3) is 3.47. The van der Waals surface area contributed by atoms with Crippen molar-refractivity contribution >= 4 is 11.8 Å². The average molecular weight is 308 g/mol. The Morgan fingerprint density at radius 2 is 2.00 bits per heavy atom. The highest BCUT2D eigenvalue weighted by Gasteiger charge is 2.28. The summed E-state index contributed by atoms with van der Waals surface area (Å²) in [4.78, 5) is 24.3. The summed E-state index contributed by atoms with van der Waals surface area (Å²) in [5.74, 6) is 0.245. The van der Waals surface area contributed by atoms with Gasteiger partial charge in [-0.15, -0.1) is 0 Å². The smallest absolute Gasteiger partial charge is 0.410 e. The minimum atomic E-state index is -0.566. The van der Waals surface area contributed by atoms with E-state index < -0.39 is 16.6 Å². The van der Waals surface area contributed by atoms with Gasteiger partial charge in [0.25, 0.3) is 0 Å². The number of amides is 1. The van der Waals surface area contributed by atoms with Gasteiger partial charge in [0.2, 0.25) is 0 Å². The van der Waals surface area contributed by atoms with Crippen LogP contribution in [0.15, 0.2) is 12.1 Å². The molecule has 0 N–H and O–H groups in total. The first-order chi connectivity index (χ1) is 10.2. The summed E-state index contributed by atoms with van der Waals surface area (Å²) < 4.78 is 10.4. The van der Waals surface area contributed by atoms with Gasteiger partial charge in [-0.25, -0.2) is 4.79 Å². The van der Waals surface area contributed by atoms with Gasteiger partial charge in [-0.1, -0.05) is 0 Å². The number of carbonyl (C=O) groups is 1. The van der Waals surface area contributed by atoms with Gasteiger partial charge in [0.15, 0.2) is 5.75 Å². The van der Waals surface area contributed by atoms with Crippen LogP contribution >= 0.6 is 0 Å². The van der Waals surface area contributed by atoms with Crippen molar-refractivity contribution in [2.24, 2.45) is 0 Å². The second-order valence-electron chi connectivity index (χ2n) is 6.20. The molecule has 0 saturated carbocycles. The predicted molar refractivity (Wildman–Crippen MR) is 80.0 cm³/mol. The van der Waals surface area contributed by atoms with Crippen LogP contribution in [0.4, 0.5) is 10.5 Å². The zero-order valence-electron chi connectivity index (χ0n) is 13.2. The Morgan fingerprint density at radius 3 is 2.55 bits per heavy atom. The number of fused-ring (bicyclic) bond motifs is 1. The summed E-state index contributed by atoms with van der Waals surface area (Å²) in [5.41, 5.74) is 1.06. The zero-order chi connectivity index (χ0) is 16.5. The van der Waals surface area contributed by atoms with Crippen molar-refractivity contribution in [3.8, 4) is 5.75 Å². The number of hydrogen-bond donors (Lipinski definition) is 0. The maximum absolute atomic E-state index is 12.1. The van der Waals surface area contributed by atoms with Gasteiger partial charge in [-0.3, -0.25) is 10.1 Å². The number of rotatable bonds is 2. The normalized spacial score (nSPS) is 14.3. The quantitative estimate of drug-likeness (QED) is 0.619. The van der Waals surface area contributed by atoms with Gasteiger partial charge < -0.3 is 14.4 Å². The lowest BCUT2D eigenvalue weighted by atomic mass is 9.98. The monoisotopic (exact) mass is 308 g/mol. The second kappa shape index (κ2) is 5.82. The van der Waals surface area contributed by atoms with Crippen molar-refractivity contribution in [2.45, 2.75) is 39.3 Å². The van der Waals surface area contributed by atoms with Crippen LogP contribution in [0, 0.1) is 10.1 Å². The van der Waals surface area contributed by atoms with Crippen LogP contribution in [-0.4, -0.2) is 35.2 Å². The Balaban J connectivity index is 2.25. The first kappa shape index (κ1) is 16.1. The van der Waals surface area contributed by atoms with E-state index >= 15 is 0 Å². The number of benzene rings is 1. The molecule has 0 aliphatic carbocycles. The minimum absolute atomic E-state index is 0.0905. The molecule has 7 nitrogen and oxygen atoms in total. The molecule has 0 unspecified atom stereocenters. The molecule has 0 spiro atoms. The molecule has 1 amide bonds. The molecule has 0 saturated heterocycles. The first-order valence-electron chi connectivity index (χ1n) is 7.03. The molecule has 0 radical (unpaired) electrons. The zero-order valence-corrected chi connectivity index (χ0v) is 13.2. The van der Waals surface area contributed by atoms with Gasteiger partial charge in [0, 0.05) is 19.2 Å². The maximum atomic E-state index is 12.1. The number of nitro groups is 1. The van der Waals surface area contributed by atoms with E-state index in [2.05, 4.69) is 0 Å². The van der Waals surface area contributed by atoms with Gasteiger partial charge >= 0.3 is 11.8 Å². The van der Waals surface area contributed by atoms with E-state index in [1.54, 1.807) is 31.7 Å². The number of nitrogens with zero attached hydrogens (tertiary/aromatic N) is 2. The van der Waals surface area contributed by atoms with Crippen molar-refractivity contribution < 1.29 is 19.2 Å². The van der Waals surface area contributed by atoms with Crippen molar-refractivity contribution in [3.63, 3.8) is 0 Å². The number of hydrogen-bond acceptors (Lipinski definition) is 5. The van der Waals surface area contributed by atoms with Crippen molar-refractivity contribution in [2.75, 3.05) is 13.7 Å². The number of ether oxygens (including phenoxy) is 2. The molecule has 22 heavy (non-hydrogen) atoms. The lowest BCUT2D eigenvalue weighted by Crippen LogP contribution is -2.39. The molecule has 1 aliphatic rings. The van der Waals surface area contributed by atoms with Crippen molar-refractivity contribution in [1.29, 1.82) is 0 Å². The molecule has 1 aliphatic heterocycles. The van der Waals surface area contributed by atoms with E-state index in [1.165, 1.54) is 13.2 Å². The summed E-state index contributed by atoms with van der Waals surface area (Å²) in [6, 6.07) is 3.16. The lowest BCUT2D eigenvalue weighted by molar-refractivity contribution is -0.385. The van der Waals surface area contributed by atoms with Gasteiger partial charge in [-0.2, -0.15) is 0 Å². The van der Waals surface area contributed by atoms with E-state index in [-0.39, 0.29) is 11.4 Å². The molecule has 7 heteroatoms. The van der Waals surface area contributed by atoms with Crippen LogP contribution < -0.4 is 4.74 Å². The first-order valence-corrected chi connectivity index (χ1v) is 7.03. The van der Waals surface area contributed by atoms with Crippen LogP contribution in [0.25, 0.3) is 0 Å². The highest BCUT2D eigenvalue weighted by molar-refractivity contribution is 5.69. The fraction of sp³-hybridized carbons (Fsp3) is 0.533. The van der Waals surface area contributed by atoms with E-state index in [9.17, 15) is 14.9 Å². The van der Waals surface area contributed by atoms with E-state index in [1.807, 2.05) is 0 Å². The Morgan fingerprint density at radius 1 is 1.32 bits per heavy atom. The Bertz CT molecular complexity index is 607. The summed E-state index contributed by atoms with van der Waals surface area (Å²) >= 11 is 0. The minimum Gasteiger partial charge on any atom is -0.490 e. The summed E-state index contributed by atoms with van der Waals surface area (Å²) in [6.07, 6.45) is 0.208. The largest absolute Gasteiger partial charge is 0.490 e. The lowest BCUT2D eigenvalue weighted by Gasteiger charge is -2.31. The molecule has 120 valence electrons. The Hall–Kier alpha value is -2.31. The molecule has 1 aromatic carbocycles. The molecule has 0 atom stereocenters. The van der Waals surface area contributed by atoms with Gasteiger partial charge in [0.05, 0.1) is 12.0 Å². The Kier molecular flexibility index (Phi) is 4.25. The Labute approximate surface area is 129 Å². The van der Waals surface area contributed by atoms with Crippen LogP contribution in [0.3, 0.4) is 0 Å². The molecule has 0 fully saturated rings. The molecular formula is C15H20N2O5. The third-order valence-corrected chi connectivity index (χ3v) is 3.36. The molecule has 1 heterocycles. The standard InChI is InChI=1S/C15H20N2O5/c1-15(2,3)22-14(18)16-6-5-10-8-13(21-4)12(17(19)20)7-11(10)9-16/h7-8H,5-6,9H2,1-4H3. The fourth-order valence-corrected chi connectivity index (χ4v) is 2.36. The number of methoxy groups -OCH3 is 1. The van der Waals surface area contributed by atoms with E-state index in [4.69, 9.17) is 9.47 Å². The number of carbonyl (C=O) groups excluding carboxylic acids is 1. The molecule has 1 aromatic rings. The van der Waals surface area contributed by atoms with Crippen LogP contribution in [0.1, 0.15) is 31.9 Å². The van der Waals surface area contributed by atoms with Crippen LogP contribution in [-0.2, 0) is 17.7 Å².